The molecule has 5 fully saturated rings. The average molecular weight is 403 g/mol. The topological polar surface area (TPSA) is 59.8 Å². The summed E-state index contributed by atoms with van der Waals surface area (Å²) < 4.78 is 2.15. The number of nitrogens with one attached hydrogen (secondary N) is 1. The van der Waals surface area contributed by atoms with E-state index in [1.165, 1.54) is 69.5 Å². The van der Waals surface area contributed by atoms with E-state index in [4.69, 9.17) is 0 Å². The number of carbonyl (C=O) groups excluding carboxylic acids is 1. The zero-order valence-electron chi connectivity index (χ0n) is 17.2. The molecule has 1 aromatic rings. The van der Waals surface area contributed by atoms with E-state index in [9.17, 15) is 4.79 Å². The number of carbonyl (C=O) groups is 1. The van der Waals surface area contributed by atoms with Gasteiger partial charge in [0.25, 0.3) is 0 Å². The lowest BCUT2D eigenvalue weighted by atomic mass is 9.49. The molecule has 28 heavy (non-hydrogen) atoms. The van der Waals surface area contributed by atoms with Crippen LogP contribution in [0, 0.1) is 23.2 Å². The third-order valence-corrected chi connectivity index (χ3v) is 8.95. The highest BCUT2D eigenvalue weighted by atomic mass is 32.2. The van der Waals surface area contributed by atoms with Gasteiger partial charge in [0.05, 0.1) is 5.75 Å². The van der Waals surface area contributed by atoms with Crippen molar-refractivity contribution in [3.05, 3.63) is 5.82 Å². The molecule has 0 unspecified atom stereocenters. The number of nitrogens with zero attached hydrogens (tertiary/aromatic N) is 3. The molecule has 0 radical (unpaired) electrons. The smallest absolute Gasteiger partial charge is 0.230 e. The van der Waals surface area contributed by atoms with E-state index in [0.717, 1.165) is 48.0 Å². The molecule has 1 N–H and O–H groups in total. The highest BCUT2D eigenvalue weighted by molar-refractivity contribution is 7.99. The van der Waals surface area contributed by atoms with E-state index >= 15 is 0 Å². The normalized spacial score (nSPS) is 34.7. The van der Waals surface area contributed by atoms with Crippen LogP contribution in [0.15, 0.2) is 5.16 Å². The van der Waals surface area contributed by atoms with Gasteiger partial charge >= 0.3 is 0 Å². The predicted molar refractivity (Wildman–Crippen MR) is 111 cm³/mol. The largest absolute Gasteiger partial charge is 0.353 e. The van der Waals surface area contributed by atoms with Gasteiger partial charge in [-0.2, -0.15) is 0 Å². The minimum absolute atomic E-state index is 0.141. The first-order valence-corrected chi connectivity index (χ1v) is 12.4. The number of thioether (sulfide) groups is 1. The van der Waals surface area contributed by atoms with Crippen LogP contribution in [0.1, 0.15) is 76.5 Å². The number of aromatic nitrogens is 3. The SMILES string of the molecule is Cn1c(CC23CC4CC(CC(C4)C2)C3)nnc1SCC(=O)NC1CCCCC1. The molecule has 154 valence electrons. The summed E-state index contributed by atoms with van der Waals surface area (Å²) in [5.74, 6) is 4.62. The van der Waals surface area contributed by atoms with Crippen LogP contribution in [0.4, 0.5) is 0 Å². The third kappa shape index (κ3) is 3.86. The molecule has 0 aromatic carbocycles. The number of rotatable bonds is 6. The van der Waals surface area contributed by atoms with Gasteiger partial charge in [-0.25, -0.2) is 0 Å². The van der Waals surface area contributed by atoms with Gasteiger partial charge in [-0.1, -0.05) is 31.0 Å². The molecule has 5 aliphatic rings. The quantitative estimate of drug-likeness (QED) is 0.727. The summed E-state index contributed by atoms with van der Waals surface area (Å²) in [6, 6.07) is 0.382. The van der Waals surface area contributed by atoms with Crippen LogP contribution in [0.2, 0.25) is 0 Å². The highest BCUT2D eigenvalue weighted by Gasteiger charge is 2.51. The zero-order valence-corrected chi connectivity index (χ0v) is 18.0. The molecular weight excluding hydrogens is 368 g/mol. The van der Waals surface area contributed by atoms with Gasteiger partial charge in [0, 0.05) is 19.5 Å². The molecule has 0 saturated heterocycles. The minimum Gasteiger partial charge on any atom is -0.353 e. The maximum atomic E-state index is 12.3. The lowest BCUT2D eigenvalue weighted by Gasteiger charge is -2.56. The van der Waals surface area contributed by atoms with Crippen LogP contribution in [0.5, 0.6) is 0 Å². The first kappa shape index (κ1) is 19.0. The molecule has 0 aliphatic heterocycles. The summed E-state index contributed by atoms with van der Waals surface area (Å²) in [6.07, 6.45) is 15.8. The van der Waals surface area contributed by atoms with Crippen molar-refractivity contribution in [2.24, 2.45) is 30.2 Å². The molecule has 6 rings (SSSR count). The van der Waals surface area contributed by atoms with E-state index in [-0.39, 0.29) is 5.91 Å². The van der Waals surface area contributed by atoms with Crippen molar-refractivity contribution in [3.63, 3.8) is 0 Å². The molecule has 1 amide bonds. The average Bonchev–Trinajstić information content (AvgIpc) is 2.99. The fourth-order valence-electron chi connectivity index (χ4n) is 7.11. The molecule has 0 atom stereocenters. The van der Waals surface area contributed by atoms with Crippen LogP contribution in [-0.2, 0) is 18.3 Å². The molecule has 5 nitrogen and oxygen atoms in total. The second-order valence-corrected chi connectivity index (χ2v) is 11.2. The maximum absolute atomic E-state index is 12.3. The second-order valence-electron chi connectivity index (χ2n) is 10.2. The summed E-state index contributed by atoms with van der Waals surface area (Å²) in [6.45, 7) is 0. The fraction of sp³-hybridized carbons (Fsp3) is 0.864. The third-order valence-electron chi connectivity index (χ3n) is 7.93. The molecule has 6 heteroatoms. The second kappa shape index (κ2) is 7.66. The Balaban J connectivity index is 1.18. The molecule has 1 heterocycles. The molecule has 1 aromatic heterocycles. The van der Waals surface area contributed by atoms with Crippen LogP contribution in [0.25, 0.3) is 0 Å². The summed E-state index contributed by atoms with van der Waals surface area (Å²) >= 11 is 1.53. The van der Waals surface area contributed by atoms with Gasteiger partial charge < -0.3 is 9.88 Å². The standard InChI is InChI=1S/C22H34N4OS/c1-26-19(13-22-10-15-7-16(11-22)9-17(8-15)12-22)24-25-21(26)28-14-20(27)23-18-5-3-2-4-6-18/h15-18H,2-14H2,1H3,(H,23,27). The van der Waals surface area contributed by atoms with Crippen LogP contribution >= 0.6 is 11.8 Å². The van der Waals surface area contributed by atoms with Gasteiger partial charge in [0.15, 0.2) is 5.16 Å². The molecule has 4 bridgehead atoms. The fourth-order valence-corrected chi connectivity index (χ4v) is 7.85. The Bertz CT molecular complexity index is 689. The van der Waals surface area contributed by atoms with Crippen molar-refractivity contribution in [1.29, 1.82) is 0 Å². The van der Waals surface area contributed by atoms with Gasteiger partial charge in [-0.3, -0.25) is 4.79 Å². The number of hydrogen-bond acceptors (Lipinski definition) is 4. The van der Waals surface area contributed by atoms with Crippen molar-refractivity contribution >= 4 is 17.7 Å². The van der Waals surface area contributed by atoms with Gasteiger partial charge in [-0.05, 0) is 74.5 Å². The van der Waals surface area contributed by atoms with Crippen LogP contribution in [-0.4, -0.2) is 32.5 Å². The van der Waals surface area contributed by atoms with Gasteiger partial charge in [0.1, 0.15) is 5.82 Å². The Morgan fingerprint density at radius 1 is 1.07 bits per heavy atom. The summed E-state index contributed by atoms with van der Waals surface area (Å²) in [7, 11) is 2.08. The highest BCUT2D eigenvalue weighted by Crippen LogP contribution is 2.60. The molecule has 5 saturated carbocycles. The van der Waals surface area contributed by atoms with E-state index in [0.29, 0.717) is 17.2 Å². The summed E-state index contributed by atoms with van der Waals surface area (Å²) in [5, 5.41) is 13.1. The Labute approximate surface area is 172 Å². The number of amides is 1. The molecular formula is C22H34N4OS. The van der Waals surface area contributed by atoms with Crippen molar-refractivity contribution in [2.45, 2.75) is 88.2 Å². The summed E-state index contributed by atoms with van der Waals surface area (Å²) in [4.78, 5) is 12.3. The van der Waals surface area contributed by atoms with E-state index in [1.54, 1.807) is 0 Å². The minimum atomic E-state index is 0.141. The lowest BCUT2D eigenvalue weighted by molar-refractivity contribution is -0.119. The Morgan fingerprint density at radius 3 is 2.36 bits per heavy atom. The van der Waals surface area contributed by atoms with Gasteiger partial charge in [-0.15, -0.1) is 10.2 Å². The van der Waals surface area contributed by atoms with E-state index in [1.807, 2.05) is 0 Å². The van der Waals surface area contributed by atoms with Crippen LogP contribution in [0.3, 0.4) is 0 Å². The first-order chi connectivity index (χ1) is 13.6. The molecule has 5 aliphatic carbocycles. The van der Waals surface area contributed by atoms with Gasteiger partial charge in [0.2, 0.25) is 5.91 Å². The maximum Gasteiger partial charge on any atom is 0.230 e. The Kier molecular flexibility index (Phi) is 5.18. The number of hydrogen-bond donors (Lipinski definition) is 1. The van der Waals surface area contributed by atoms with Crippen molar-refractivity contribution in [1.82, 2.24) is 20.1 Å². The first-order valence-electron chi connectivity index (χ1n) is 11.4. The Morgan fingerprint density at radius 2 is 1.71 bits per heavy atom. The Hall–Kier alpha value is -1.04. The predicted octanol–water partition coefficient (Wildman–Crippen LogP) is 4.12. The van der Waals surface area contributed by atoms with E-state index < -0.39 is 0 Å². The van der Waals surface area contributed by atoms with E-state index in [2.05, 4.69) is 27.1 Å². The van der Waals surface area contributed by atoms with Crippen LogP contribution < -0.4 is 5.32 Å². The lowest BCUT2D eigenvalue weighted by Crippen LogP contribution is -2.47. The van der Waals surface area contributed by atoms with Crippen molar-refractivity contribution in [3.8, 4) is 0 Å². The summed E-state index contributed by atoms with van der Waals surface area (Å²) in [5.41, 5.74) is 0.482. The van der Waals surface area contributed by atoms with Crippen molar-refractivity contribution < 1.29 is 4.79 Å². The zero-order chi connectivity index (χ0) is 19.1. The van der Waals surface area contributed by atoms with Crippen molar-refractivity contribution in [2.75, 3.05) is 5.75 Å². The molecule has 0 spiro atoms. The monoisotopic (exact) mass is 402 g/mol.